The Morgan fingerprint density at radius 2 is 2.19 bits per heavy atom. The molecule has 0 aliphatic heterocycles. The molecule has 1 rings (SSSR count). The standard InChI is InChI=1S/C13H20FNS/c1-4-5-8-16-13-7-6-11(14)9-12(13)10(2)15-3/h6-7,9-10,15H,4-5,8H2,1-3H3. The Hall–Kier alpha value is -0.540. The van der Waals surface area contributed by atoms with Gasteiger partial charge >= 0.3 is 0 Å². The third-order valence-electron chi connectivity index (χ3n) is 2.63. The molecule has 1 aromatic carbocycles. The van der Waals surface area contributed by atoms with Gasteiger partial charge < -0.3 is 5.32 Å². The fourth-order valence-corrected chi connectivity index (χ4v) is 2.69. The highest BCUT2D eigenvalue weighted by Gasteiger charge is 2.10. The van der Waals surface area contributed by atoms with Gasteiger partial charge in [-0.25, -0.2) is 4.39 Å². The van der Waals surface area contributed by atoms with Crippen molar-refractivity contribution in [3.05, 3.63) is 29.6 Å². The van der Waals surface area contributed by atoms with E-state index in [1.54, 1.807) is 12.1 Å². The van der Waals surface area contributed by atoms with Crippen LogP contribution in [-0.4, -0.2) is 12.8 Å². The zero-order chi connectivity index (χ0) is 12.0. The maximum atomic E-state index is 13.2. The maximum absolute atomic E-state index is 13.2. The maximum Gasteiger partial charge on any atom is 0.123 e. The molecular weight excluding hydrogens is 221 g/mol. The first kappa shape index (κ1) is 13.5. The van der Waals surface area contributed by atoms with Gasteiger partial charge in [0.25, 0.3) is 0 Å². The van der Waals surface area contributed by atoms with Gasteiger partial charge in [-0.2, -0.15) is 0 Å². The van der Waals surface area contributed by atoms with Crippen molar-refractivity contribution in [1.82, 2.24) is 5.32 Å². The predicted molar refractivity (Wildman–Crippen MR) is 69.5 cm³/mol. The van der Waals surface area contributed by atoms with Gasteiger partial charge in [0.05, 0.1) is 0 Å². The van der Waals surface area contributed by atoms with E-state index in [1.165, 1.54) is 17.7 Å². The second-order valence-corrected chi connectivity index (χ2v) is 5.03. The van der Waals surface area contributed by atoms with Gasteiger partial charge in [-0.3, -0.25) is 0 Å². The third-order valence-corrected chi connectivity index (χ3v) is 3.80. The molecule has 1 unspecified atom stereocenters. The zero-order valence-corrected chi connectivity index (χ0v) is 11.0. The Labute approximate surface area is 102 Å². The molecular formula is C13H20FNS. The van der Waals surface area contributed by atoms with E-state index in [-0.39, 0.29) is 11.9 Å². The van der Waals surface area contributed by atoms with Crippen molar-refractivity contribution in [3.63, 3.8) is 0 Å². The fourth-order valence-electron chi connectivity index (χ4n) is 1.47. The molecule has 1 N–H and O–H groups in total. The normalized spacial score (nSPS) is 12.8. The van der Waals surface area contributed by atoms with Gasteiger partial charge in [-0.1, -0.05) is 13.3 Å². The Morgan fingerprint density at radius 3 is 2.81 bits per heavy atom. The number of benzene rings is 1. The molecule has 0 aliphatic rings. The first-order valence-electron chi connectivity index (χ1n) is 5.78. The molecule has 0 amide bonds. The summed E-state index contributed by atoms with van der Waals surface area (Å²) < 4.78 is 13.2. The van der Waals surface area contributed by atoms with Crippen molar-refractivity contribution < 1.29 is 4.39 Å². The molecule has 0 heterocycles. The Kier molecular flexibility index (Phi) is 5.85. The molecule has 0 aliphatic carbocycles. The van der Waals surface area contributed by atoms with Crippen LogP contribution in [0, 0.1) is 5.82 Å². The molecule has 0 fully saturated rings. The van der Waals surface area contributed by atoms with Crippen molar-refractivity contribution in [3.8, 4) is 0 Å². The van der Waals surface area contributed by atoms with Crippen molar-refractivity contribution in [2.45, 2.75) is 37.6 Å². The van der Waals surface area contributed by atoms with E-state index >= 15 is 0 Å². The molecule has 0 saturated carbocycles. The van der Waals surface area contributed by atoms with Crippen LogP contribution in [0.15, 0.2) is 23.1 Å². The molecule has 0 aromatic heterocycles. The van der Waals surface area contributed by atoms with Crippen LogP contribution in [0.1, 0.15) is 38.3 Å². The number of rotatable bonds is 6. The van der Waals surface area contributed by atoms with E-state index in [0.717, 1.165) is 11.3 Å². The van der Waals surface area contributed by atoms with Crippen LogP contribution in [0.3, 0.4) is 0 Å². The number of nitrogens with one attached hydrogen (secondary N) is 1. The molecule has 3 heteroatoms. The molecule has 0 bridgehead atoms. The van der Waals surface area contributed by atoms with Crippen molar-refractivity contribution in [1.29, 1.82) is 0 Å². The molecule has 0 radical (unpaired) electrons. The van der Waals surface area contributed by atoms with E-state index < -0.39 is 0 Å². The van der Waals surface area contributed by atoms with Gasteiger partial charge in [0.1, 0.15) is 5.82 Å². The molecule has 0 saturated heterocycles. The molecule has 90 valence electrons. The lowest BCUT2D eigenvalue weighted by Gasteiger charge is -2.15. The topological polar surface area (TPSA) is 12.0 Å². The number of thioether (sulfide) groups is 1. The number of unbranched alkanes of at least 4 members (excludes halogenated alkanes) is 1. The highest BCUT2D eigenvalue weighted by atomic mass is 32.2. The highest BCUT2D eigenvalue weighted by molar-refractivity contribution is 7.99. The highest BCUT2D eigenvalue weighted by Crippen LogP contribution is 2.28. The minimum Gasteiger partial charge on any atom is -0.313 e. The quantitative estimate of drug-likeness (QED) is 0.597. The monoisotopic (exact) mass is 241 g/mol. The summed E-state index contributed by atoms with van der Waals surface area (Å²) in [5.74, 6) is 0.947. The molecule has 0 spiro atoms. The van der Waals surface area contributed by atoms with Crippen LogP contribution in [0.25, 0.3) is 0 Å². The SMILES string of the molecule is CCCCSc1ccc(F)cc1C(C)NC. The summed E-state index contributed by atoms with van der Waals surface area (Å²) in [6, 6.07) is 5.26. The van der Waals surface area contributed by atoms with Crippen molar-refractivity contribution >= 4 is 11.8 Å². The average Bonchev–Trinajstić information content (AvgIpc) is 2.30. The van der Waals surface area contributed by atoms with E-state index in [1.807, 2.05) is 24.9 Å². The van der Waals surface area contributed by atoms with Gasteiger partial charge in [-0.05, 0) is 49.9 Å². The summed E-state index contributed by atoms with van der Waals surface area (Å²) in [5.41, 5.74) is 1.06. The summed E-state index contributed by atoms with van der Waals surface area (Å²) >= 11 is 1.82. The van der Waals surface area contributed by atoms with Crippen molar-refractivity contribution in [2.75, 3.05) is 12.8 Å². The summed E-state index contributed by atoms with van der Waals surface area (Å²) in [5, 5.41) is 3.16. The van der Waals surface area contributed by atoms with Crippen LogP contribution in [0.4, 0.5) is 4.39 Å². The van der Waals surface area contributed by atoms with Gasteiger partial charge in [0, 0.05) is 10.9 Å². The molecule has 1 nitrogen and oxygen atoms in total. The summed E-state index contributed by atoms with van der Waals surface area (Å²) in [6.07, 6.45) is 2.40. The molecule has 16 heavy (non-hydrogen) atoms. The van der Waals surface area contributed by atoms with E-state index in [2.05, 4.69) is 19.2 Å². The average molecular weight is 241 g/mol. The van der Waals surface area contributed by atoms with Crippen LogP contribution in [0.2, 0.25) is 0 Å². The minimum absolute atomic E-state index is 0.156. The van der Waals surface area contributed by atoms with E-state index in [4.69, 9.17) is 0 Å². The summed E-state index contributed by atoms with van der Waals surface area (Å²) in [4.78, 5) is 1.19. The van der Waals surface area contributed by atoms with Crippen LogP contribution < -0.4 is 5.32 Å². The largest absolute Gasteiger partial charge is 0.313 e. The Balaban J connectivity index is 2.80. The first-order chi connectivity index (χ1) is 7.69. The lowest BCUT2D eigenvalue weighted by atomic mass is 10.1. The van der Waals surface area contributed by atoms with Crippen LogP contribution in [-0.2, 0) is 0 Å². The number of hydrogen-bond acceptors (Lipinski definition) is 2. The number of hydrogen-bond donors (Lipinski definition) is 1. The second kappa shape index (κ2) is 6.92. The summed E-state index contributed by atoms with van der Waals surface area (Å²) in [7, 11) is 1.90. The van der Waals surface area contributed by atoms with Gasteiger partial charge in [0.15, 0.2) is 0 Å². The lowest BCUT2D eigenvalue weighted by Crippen LogP contribution is -2.13. The first-order valence-corrected chi connectivity index (χ1v) is 6.77. The minimum atomic E-state index is -0.156. The third kappa shape index (κ3) is 3.80. The van der Waals surface area contributed by atoms with E-state index in [0.29, 0.717) is 0 Å². The van der Waals surface area contributed by atoms with E-state index in [9.17, 15) is 4.39 Å². The predicted octanol–water partition coefficient (Wildman–Crippen LogP) is 4.00. The van der Waals surface area contributed by atoms with Gasteiger partial charge in [0.2, 0.25) is 0 Å². The Morgan fingerprint density at radius 1 is 1.44 bits per heavy atom. The fraction of sp³-hybridized carbons (Fsp3) is 0.538. The second-order valence-electron chi connectivity index (χ2n) is 3.89. The Bertz CT molecular complexity index is 328. The molecule has 1 aromatic rings. The lowest BCUT2D eigenvalue weighted by molar-refractivity contribution is 0.601. The van der Waals surface area contributed by atoms with Crippen LogP contribution in [0.5, 0.6) is 0 Å². The smallest absolute Gasteiger partial charge is 0.123 e. The van der Waals surface area contributed by atoms with Gasteiger partial charge in [-0.15, -0.1) is 11.8 Å². The molecule has 1 atom stereocenters. The number of halogens is 1. The zero-order valence-electron chi connectivity index (χ0n) is 10.2. The van der Waals surface area contributed by atoms with Crippen molar-refractivity contribution in [2.24, 2.45) is 0 Å². The summed E-state index contributed by atoms with van der Waals surface area (Å²) in [6.45, 7) is 4.24. The van der Waals surface area contributed by atoms with Crippen LogP contribution >= 0.6 is 11.8 Å².